The molecular weight excluding hydrogens is 344 g/mol. The Morgan fingerprint density at radius 3 is 2.41 bits per heavy atom. The van der Waals surface area contributed by atoms with Gasteiger partial charge in [-0.2, -0.15) is 0 Å². The number of amides is 2. The van der Waals surface area contributed by atoms with E-state index in [1.807, 2.05) is 12.1 Å². The van der Waals surface area contributed by atoms with E-state index in [1.54, 1.807) is 12.1 Å². The molecule has 0 radical (unpaired) electrons. The molecule has 7 nitrogen and oxygen atoms in total. The van der Waals surface area contributed by atoms with Crippen LogP contribution in [0.25, 0.3) is 0 Å². The Kier molecular flexibility index (Phi) is 6.82. The highest BCUT2D eigenvalue weighted by atomic mass is 16.5. The van der Waals surface area contributed by atoms with E-state index in [2.05, 4.69) is 15.5 Å². The van der Waals surface area contributed by atoms with Gasteiger partial charge in [-0.15, -0.1) is 0 Å². The molecule has 0 atom stereocenters. The van der Waals surface area contributed by atoms with Gasteiger partial charge in [-0.25, -0.2) is 0 Å². The Morgan fingerprint density at radius 2 is 1.74 bits per heavy atom. The smallest absolute Gasteiger partial charge is 0.251 e. The normalized spacial score (nSPS) is 19.6. The second-order valence-corrected chi connectivity index (χ2v) is 7.45. The van der Waals surface area contributed by atoms with Crippen LogP contribution in [-0.2, 0) is 16.1 Å². The molecule has 0 aliphatic carbocycles. The van der Waals surface area contributed by atoms with E-state index in [1.165, 1.54) is 12.8 Å². The Bertz CT molecular complexity index is 635. The van der Waals surface area contributed by atoms with Crippen LogP contribution in [0.1, 0.15) is 41.6 Å². The number of carbonyl (C=O) groups excluding carboxylic acids is 2. The van der Waals surface area contributed by atoms with Crippen molar-refractivity contribution < 1.29 is 14.3 Å². The first-order chi connectivity index (χ1) is 13.1. The number of hydrogen-bond donors (Lipinski definition) is 3. The van der Waals surface area contributed by atoms with Crippen molar-refractivity contribution >= 4 is 11.8 Å². The van der Waals surface area contributed by atoms with Gasteiger partial charge in [-0.1, -0.05) is 12.1 Å². The van der Waals surface area contributed by atoms with E-state index in [4.69, 9.17) is 10.5 Å². The number of nitrogens with one attached hydrogen (secondary N) is 2. The van der Waals surface area contributed by atoms with E-state index < -0.39 is 5.54 Å². The maximum absolute atomic E-state index is 12.3. The SMILES string of the molecule is NC1(C(=O)NCc2ccc(C(=O)NCCN3CCCC3)cc2)CCOCC1. The van der Waals surface area contributed by atoms with Crippen molar-refractivity contribution in [3.05, 3.63) is 35.4 Å². The molecule has 2 fully saturated rings. The number of carbonyl (C=O) groups is 2. The molecule has 7 heteroatoms. The molecular formula is C20H30N4O3. The van der Waals surface area contributed by atoms with Crippen molar-refractivity contribution in [1.82, 2.24) is 15.5 Å². The fraction of sp³-hybridized carbons (Fsp3) is 0.600. The lowest BCUT2D eigenvalue weighted by atomic mass is 9.90. The van der Waals surface area contributed by atoms with Crippen molar-refractivity contribution in [2.45, 2.75) is 37.8 Å². The third-order valence-corrected chi connectivity index (χ3v) is 5.42. The van der Waals surface area contributed by atoms with Crippen LogP contribution in [-0.4, -0.2) is 61.6 Å². The first-order valence-electron chi connectivity index (χ1n) is 9.81. The van der Waals surface area contributed by atoms with Crippen LogP contribution in [0.2, 0.25) is 0 Å². The van der Waals surface area contributed by atoms with Crippen molar-refractivity contribution in [1.29, 1.82) is 0 Å². The summed E-state index contributed by atoms with van der Waals surface area (Å²) >= 11 is 0. The van der Waals surface area contributed by atoms with E-state index in [0.717, 1.165) is 25.2 Å². The zero-order valence-corrected chi connectivity index (χ0v) is 15.8. The number of nitrogens with two attached hydrogens (primary N) is 1. The first kappa shape index (κ1) is 19.8. The van der Waals surface area contributed by atoms with Gasteiger partial charge in [0, 0.05) is 38.4 Å². The van der Waals surface area contributed by atoms with Crippen LogP contribution >= 0.6 is 0 Å². The minimum Gasteiger partial charge on any atom is -0.381 e. The van der Waals surface area contributed by atoms with Crippen LogP contribution in [0.15, 0.2) is 24.3 Å². The zero-order chi connectivity index (χ0) is 19.1. The highest BCUT2D eigenvalue weighted by Gasteiger charge is 2.35. The number of ether oxygens (including phenoxy) is 1. The predicted octanol–water partition coefficient (Wildman–Crippen LogP) is 0.636. The quantitative estimate of drug-likeness (QED) is 0.651. The number of benzene rings is 1. The van der Waals surface area contributed by atoms with E-state index in [9.17, 15) is 9.59 Å². The molecule has 148 valence electrons. The summed E-state index contributed by atoms with van der Waals surface area (Å²) in [4.78, 5) is 26.9. The molecule has 2 aliphatic heterocycles. The van der Waals surface area contributed by atoms with Gasteiger partial charge in [-0.05, 0) is 56.5 Å². The molecule has 3 rings (SSSR count). The Hall–Kier alpha value is -1.96. The average Bonchev–Trinajstić information content (AvgIpc) is 3.20. The van der Waals surface area contributed by atoms with Crippen LogP contribution < -0.4 is 16.4 Å². The average molecular weight is 374 g/mol. The van der Waals surface area contributed by atoms with Gasteiger partial charge >= 0.3 is 0 Å². The van der Waals surface area contributed by atoms with Gasteiger partial charge in [-0.3, -0.25) is 9.59 Å². The van der Waals surface area contributed by atoms with Crippen molar-refractivity contribution in [3.63, 3.8) is 0 Å². The fourth-order valence-corrected chi connectivity index (χ4v) is 3.53. The molecule has 1 aromatic carbocycles. The third kappa shape index (κ3) is 5.51. The van der Waals surface area contributed by atoms with Gasteiger partial charge < -0.3 is 26.0 Å². The maximum atomic E-state index is 12.3. The molecule has 2 aliphatic rings. The molecule has 0 spiro atoms. The first-order valence-corrected chi connectivity index (χ1v) is 9.81. The van der Waals surface area contributed by atoms with Crippen molar-refractivity contribution in [2.75, 3.05) is 39.4 Å². The molecule has 0 saturated carbocycles. The molecule has 2 amide bonds. The monoisotopic (exact) mass is 374 g/mol. The number of nitrogens with zero attached hydrogens (tertiary/aromatic N) is 1. The number of rotatable bonds is 7. The second kappa shape index (κ2) is 9.30. The van der Waals surface area contributed by atoms with E-state index in [0.29, 0.717) is 44.7 Å². The lowest BCUT2D eigenvalue weighted by Crippen LogP contribution is -2.56. The molecule has 4 N–H and O–H groups in total. The summed E-state index contributed by atoms with van der Waals surface area (Å²) in [7, 11) is 0. The summed E-state index contributed by atoms with van der Waals surface area (Å²) < 4.78 is 5.27. The number of likely N-dealkylation sites (tertiary alicyclic amines) is 1. The molecule has 0 unspecified atom stereocenters. The molecule has 27 heavy (non-hydrogen) atoms. The Labute approximate surface area is 160 Å². The summed E-state index contributed by atoms with van der Waals surface area (Å²) in [5, 5.41) is 5.86. The predicted molar refractivity (Wildman–Crippen MR) is 103 cm³/mol. The second-order valence-electron chi connectivity index (χ2n) is 7.45. The summed E-state index contributed by atoms with van der Waals surface area (Å²) in [6, 6.07) is 7.31. The molecule has 0 aromatic heterocycles. The van der Waals surface area contributed by atoms with Crippen LogP contribution in [0.3, 0.4) is 0 Å². The number of hydrogen-bond acceptors (Lipinski definition) is 5. The largest absolute Gasteiger partial charge is 0.381 e. The Morgan fingerprint density at radius 1 is 1.07 bits per heavy atom. The minimum absolute atomic E-state index is 0.0621. The van der Waals surface area contributed by atoms with Gasteiger partial charge in [0.05, 0.1) is 5.54 Å². The Balaban J connectivity index is 1.42. The molecule has 2 heterocycles. The standard InChI is InChI=1S/C20H30N4O3/c21-20(7-13-27-14-8-20)19(26)23-15-16-3-5-17(6-4-16)18(25)22-9-12-24-10-1-2-11-24/h3-6H,1-2,7-15,21H2,(H,22,25)(H,23,26). The highest BCUT2D eigenvalue weighted by Crippen LogP contribution is 2.18. The molecule has 2 saturated heterocycles. The van der Waals surface area contributed by atoms with Crippen LogP contribution in [0.4, 0.5) is 0 Å². The summed E-state index contributed by atoms with van der Waals surface area (Å²) in [5.41, 5.74) is 6.90. The van der Waals surface area contributed by atoms with Crippen molar-refractivity contribution in [2.24, 2.45) is 5.73 Å². The minimum atomic E-state index is -0.840. The van der Waals surface area contributed by atoms with Gasteiger partial charge in [0.15, 0.2) is 0 Å². The molecule has 1 aromatic rings. The lowest BCUT2D eigenvalue weighted by molar-refractivity contribution is -0.129. The van der Waals surface area contributed by atoms with E-state index in [-0.39, 0.29) is 11.8 Å². The van der Waals surface area contributed by atoms with Crippen LogP contribution in [0, 0.1) is 0 Å². The van der Waals surface area contributed by atoms with Gasteiger partial charge in [0.1, 0.15) is 0 Å². The molecule has 0 bridgehead atoms. The third-order valence-electron chi connectivity index (χ3n) is 5.42. The van der Waals surface area contributed by atoms with Crippen LogP contribution in [0.5, 0.6) is 0 Å². The van der Waals surface area contributed by atoms with Crippen molar-refractivity contribution in [3.8, 4) is 0 Å². The maximum Gasteiger partial charge on any atom is 0.251 e. The summed E-state index contributed by atoms with van der Waals surface area (Å²) in [6.07, 6.45) is 3.58. The van der Waals surface area contributed by atoms with Gasteiger partial charge in [0.25, 0.3) is 5.91 Å². The van der Waals surface area contributed by atoms with E-state index >= 15 is 0 Å². The summed E-state index contributed by atoms with van der Waals surface area (Å²) in [5.74, 6) is -0.206. The topological polar surface area (TPSA) is 96.7 Å². The fourth-order valence-electron chi connectivity index (χ4n) is 3.53. The summed E-state index contributed by atoms with van der Waals surface area (Å²) in [6.45, 7) is 5.27. The van der Waals surface area contributed by atoms with Gasteiger partial charge in [0.2, 0.25) is 5.91 Å². The highest BCUT2D eigenvalue weighted by molar-refractivity contribution is 5.94. The lowest BCUT2D eigenvalue weighted by Gasteiger charge is -2.31. The zero-order valence-electron chi connectivity index (χ0n) is 15.8.